The third-order valence-corrected chi connectivity index (χ3v) is 5.33. The topological polar surface area (TPSA) is 100 Å². The van der Waals surface area contributed by atoms with Crippen molar-refractivity contribution in [3.8, 4) is 22.9 Å². The minimum absolute atomic E-state index is 0.125. The van der Waals surface area contributed by atoms with Gasteiger partial charge < -0.3 is 20.1 Å². The Morgan fingerprint density at radius 1 is 0.938 bits per heavy atom. The molecule has 0 fully saturated rings. The van der Waals surface area contributed by atoms with E-state index in [2.05, 4.69) is 16.7 Å². The Kier molecular flexibility index (Phi) is 5.77. The number of methoxy groups -OCH3 is 2. The second-order valence-corrected chi connectivity index (χ2v) is 7.33. The van der Waals surface area contributed by atoms with Gasteiger partial charge in [-0.1, -0.05) is 24.3 Å². The number of rotatable bonds is 5. The number of nitriles is 1. The molecule has 0 bridgehead atoms. The Bertz CT molecular complexity index is 1260. The van der Waals surface area contributed by atoms with Gasteiger partial charge in [-0.15, -0.1) is 0 Å². The van der Waals surface area contributed by atoms with Crippen molar-refractivity contribution in [2.24, 2.45) is 0 Å². The Balaban J connectivity index is 1.69. The smallest absolute Gasteiger partial charge is 0.309 e. The zero-order chi connectivity index (χ0) is 22.7. The predicted molar refractivity (Wildman–Crippen MR) is 121 cm³/mol. The van der Waals surface area contributed by atoms with E-state index in [0.29, 0.717) is 22.7 Å². The lowest BCUT2D eigenvalue weighted by Gasteiger charge is -2.13. The molecule has 1 aliphatic heterocycles. The number of anilines is 3. The lowest BCUT2D eigenvalue weighted by atomic mass is 9.99. The van der Waals surface area contributed by atoms with Crippen LogP contribution >= 0.6 is 0 Å². The molecule has 1 aliphatic rings. The second-order valence-electron chi connectivity index (χ2n) is 7.33. The predicted octanol–water partition coefficient (Wildman–Crippen LogP) is 4.45. The zero-order valence-electron chi connectivity index (χ0n) is 17.7. The fourth-order valence-electron chi connectivity index (χ4n) is 3.67. The van der Waals surface area contributed by atoms with E-state index in [1.165, 1.54) is 7.11 Å². The molecule has 160 valence electrons. The number of carbonyl (C=O) groups excluding carboxylic acids is 2. The largest absolute Gasteiger partial charge is 0.496 e. The van der Waals surface area contributed by atoms with E-state index in [4.69, 9.17) is 14.7 Å². The van der Waals surface area contributed by atoms with Crippen molar-refractivity contribution in [2.75, 3.05) is 24.9 Å². The maximum atomic E-state index is 12.8. The minimum Gasteiger partial charge on any atom is -0.496 e. The van der Waals surface area contributed by atoms with Crippen LogP contribution in [-0.2, 0) is 22.4 Å². The number of nitrogens with one attached hydrogen (secondary N) is 2. The number of carbonyl (C=O) groups is 2. The van der Waals surface area contributed by atoms with Crippen LogP contribution in [0.1, 0.15) is 21.5 Å². The van der Waals surface area contributed by atoms with Crippen LogP contribution in [0.4, 0.5) is 17.1 Å². The standard InChI is InChI=1S/C25H21N3O4/c1-31-23-14-18(5-4-16(23)9-10-26)17-6-7-19-21(13-17)27-20-8-3-15(12-24(29)32-2)11-22(20)28-25(19)30/h3-8,11,13-14,27H,9,12H2,1-2H3,(H,28,30). The lowest BCUT2D eigenvalue weighted by Crippen LogP contribution is -2.11. The van der Waals surface area contributed by atoms with Gasteiger partial charge in [0.25, 0.3) is 5.91 Å². The summed E-state index contributed by atoms with van der Waals surface area (Å²) in [6, 6.07) is 18.8. The summed E-state index contributed by atoms with van der Waals surface area (Å²) in [5, 5.41) is 15.2. The molecule has 0 aromatic heterocycles. The number of hydrogen-bond acceptors (Lipinski definition) is 6. The van der Waals surface area contributed by atoms with Gasteiger partial charge in [0.2, 0.25) is 0 Å². The summed E-state index contributed by atoms with van der Waals surface area (Å²) in [5.41, 5.74) is 5.87. The Labute approximate surface area is 185 Å². The van der Waals surface area contributed by atoms with Gasteiger partial charge in [0, 0.05) is 5.56 Å². The monoisotopic (exact) mass is 427 g/mol. The van der Waals surface area contributed by atoms with Gasteiger partial charge in [-0.2, -0.15) is 5.26 Å². The molecule has 1 heterocycles. The quantitative estimate of drug-likeness (QED) is 0.584. The van der Waals surface area contributed by atoms with Crippen LogP contribution in [0.5, 0.6) is 5.75 Å². The van der Waals surface area contributed by atoms with Gasteiger partial charge in [0.05, 0.1) is 55.8 Å². The molecule has 2 N–H and O–H groups in total. The molecular formula is C25H21N3O4. The second kappa shape index (κ2) is 8.82. The van der Waals surface area contributed by atoms with Gasteiger partial charge in [-0.3, -0.25) is 9.59 Å². The molecule has 0 spiro atoms. The van der Waals surface area contributed by atoms with Crippen LogP contribution in [0.25, 0.3) is 11.1 Å². The summed E-state index contributed by atoms with van der Waals surface area (Å²) in [7, 11) is 2.92. The summed E-state index contributed by atoms with van der Waals surface area (Å²) < 4.78 is 10.2. The molecule has 0 atom stereocenters. The van der Waals surface area contributed by atoms with Gasteiger partial charge in [-0.05, 0) is 47.0 Å². The molecule has 0 radical (unpaired) electrons. The molecule has 7 heteroatoms. The SMILES string of the molecule is COC(=O)Cc1ccc2c(c1)NC(=O)c1ccc(-c3ccc(CC#N)c(OC)c3)cc1N2. The van der Waals surface area contributed by atoms with E-state index in [9.17, 15) is 9.59 Å². The first-order chi connectivity index (χ1) is 15.5. The molecule has 4 rings (SSSR count). The van der Waals surface area contributed by atoms with Crippen LogP contribution in [0, 0.1) is 11.3 Å². The molecule has 3 aromatic rings. The van der Waals surface area contributed by atoms with Crippen molar-refractivity contribution in [2.45, 2.75) is 12.8 Å². The highest BCUT2D eigenvalue weighted by molar-refractivity contribution is 6.12. The summed E-state index contributed by atoms with van der Waals surface area (Å²) in [5.74, 6) is 0.0603. The van der Waals surface area contributed by atoms with Crippen molar-refractivity contribution in [3.05, 3.63) is 71.3 Å². The van der Waals surface area contributed by atoms with Crippen molar-refractivity contribution in [1.82, 2.24) is 0 Å². The first-order valence-corrected chi connectivity index (χ1v) is 9.98. The van der Waals surface area contributed by atoms with Crippen LogP contribution in [0.2, 0.25) is 0 Å². The maximum absolute atomic E-state index is 12.8. The number of nitrogens with zero attached hydrogens (tertiary/aromatic N) is 1. The highest BCUT2D eigenvalue weighted by Crippen LogP contribution is 2.36. The highest BCUT2D eigenvalue weighted by Gasteiger charge is 2.20. The van der Waals surface area contributed by atoms with E-state index >= 15 is 0 Å². The van der Waals surface area contributed by atoms with Gasteiger partial charge in [0.15, 0.2) is 0 Å². The highest BCUT2D eigenvalue weighted by atomic mass is 16.5. The minimum atomic E-state index is -0.345. The third-order valence-electron chi connectivity index (χ3n) is 5.33. The maximum Gasteiger partial charge on any atom is 0.309 e. The van der Waals surface area contributed by atoms with Gasteiger partial charge in [0.1, 0.15) is 5.75 Å². The van der Waals surface area contributed by atoms with Crippen LogP contribution in [0.15, 0.2) is 54.6 Å². The van der Waals surface area contributed by atoms with Crippen molar-refractivity contribution >= 4 is 28.9 Å². The summed E-state index contributed by atoms with van der Waals surface area (Å²) in [6.07, 6.45) is 0.393. The van der Waals surface area contributed by atoms with E-state index in [1.54, 1.807) is 19.2 Å². The number of fused-ring (bicyclic) bond motifs is 2. The fraction of sp³-hybridized carbons (Fsp3) is 0.160. The number of ether oxygens (including phenoxy) is 2. The van der Waals surface area contributed by atoms with Crippen molar-refractivity contribution in [1.29, 1.82) is 5.26 Å². The van der Waals surface area contributed by atoms with Gasteiger partial charge >= 0.3 is 5.97 Å². The average molecular weight is 427 g/mol. The van der Waals surface area contributed by atoms with E-state index in [1.807, 2.05) is 42.5 Å². The van der Waals surface area contributed by atoms with E-state index in [-0.39, 0.29) is 24.7 Å². The van der Waals surface area contributed by atoms with E-state index < -0.39 is 0 Å². The summed E-state index contributed by atoms with van der Waals surface area (Å²) in [6.45, 7) is 0. The molecule has 7 nitrogen and oxygen atoms in total. The molecule has 32 heavy (non-hydrogen) atoms. The van der Waals surface area contributed by atoms with Crippen molar-refractivity contribution < 1.29 is 19.1 Å². The molecule has 0 unspecified atom stereocenters. The fourth-order valence-corrected chi connectivity index (χ4v) is 3.67. The van der Waals surface area contributed by atoms with Crippen LogP contribution in [-0.4, -0.2) is 26.1 Å². The Hall–Kier alpha value is -4.31. The van der Waals surface area contributed by atoms with Gasteiger partial charge in [-0.25, -0.2) is 0 Å². The Morgan fingerprint density at radius 2 is 1.72 bits per heavy atom. The molecule has 0 saturated carbocycles. The average Bonchev–Trinajstić information content (AvgIpc) is 2.94. The third kappa shape index (κ3) is 4.12. The van der Waals surface area contributed by atoms with Crippen molar-refractivity contribution in [3.63, 3.8) is 0 Å². The Morgan fingerprint density at radius 3 is 2.47 bits per heavy atom. The number of amides is 1. The molecule has 0 aliphatic carbocycles. The van der Waals surface area contributed by atoms with Crippen LogP contribution < -0.4 is 15.4 Å². The van der Waals surface area contributed by atoms with Crippen LogP contribution in [0.3, 0.4) is 0 Å². The number of hydrogen-bond donors (Lipinski definition) is 2. The number of esters is 1. The summed E-state index contributed by atoms with van der Waals surface area (Å²) in [4.78, 5) is 24.4. The number of benzene rings is 3. The lowest BCUT2D eigenvalue weighted by molar-refractivity contribution is -0.139. The molecule has 1 amide bonds. The first kappa shape index (κ1) is 20.9. The molecule has 3 aromatic carbocycles. The van der Waals surface area contributed by atoms with E-state index in [0.717, 1.165) is 27.9 Å². The normalized spacial score (nSPS) is 11.7. The first-order valence-electron chi connectivity index (χ1n) is 9.98. The summed E-state index contributed by atoms with van der Waals surface area (Å²) >= 11 is 0. The zero-order valence-corrected chi connectivity index (χ0v) is 17.7. The molecular weight excluding hydrogens is 406 g/mol. The molecule has 0 saturated heterocycles.